The molecule has 1 N–H and O–H groups in total. The van der Waals surface area contributed by atoms with Gasteiger partial charge in [-0.3, -0.25) is 4.79 Å². The van der Waals surface area contributed by atoms with Crippen LogP contribution < -0.4 is 5.32 Å². The number of amides is 1. The number of hydrogen-bond acceptors (Lipinski definition) is 7. The molecule has 0 fully saturated rings. The third-order valence-corrected chi connectivity index (χ3v) is 6.63. The van der Waals surface area contributed by atoms with Gasteiger partial charge in [0.1, 0.15) is 0 Å². The van der Waals surface area contributed by atoms with Crippen LogP contribution in [0.2, 0.25) is 0 Å². The normalized spacial score (nSPS) is 11.4. The van der Waals surface area contributed by atoms with Crippen LogP contribution >= 0.6 is 0 Å². The topological polar surface area (TPSA) is 111 Å². The van der Waals surface area contributed by atoms with Crippen LogP contribution in [0.1, 0.15) is 26.3 Å². The van der Waals surface area contributed by atoms with E-state index in [9.17, 15) is 18.0 Å². The van der Waals surface area contributed by atoms with Gasteiger partial charge in [-0.2, -0.15) is 4.31 Å². The quantitative estimate of drug-likeness (QED) is 0.508. The van der Waals surface area contributed by atoms with Gasteiger partial charge in [0.05, 0.1) is 30.8 Å². The van der Waals surface area contributed by atoms with Gasteiger partial charge in [0.25, 0.3) is 5.91 Å². The molecule has 32 heavy (non-hydrogen) atoms. The second-order valence-electron chi connectivity index (χ2n) is 6.89. The van der Waals surface area contributed by atoms with Gasteiger partial charge in [-0.1, -0.05) is 12.1 Å². The third-order valence-electron chi connectivity index (χ3n) is 4.73. The summed E-state index contributed by atoms with van der Waals surface area (Å²) in [7, 11) is 0.380. The molecular formula is C22H28N2O7S. The fraction of sp³-hybridized carbons (Fsp3) is 0.364. The highest BCUT2D eigenvalue weighted by Gasteiger charge is 2.25. The van der Waals surface area contributed by atoms with Crippen molar-refractivity contribution in [2.45, 2.75) is 11.8 Å². The highest BCUT2D eigenvalue weighted by molar-refractivity contribution is 7.89. The molecule has 9 nitrogen and oxygen atoms in total. The predicted molar refractivity (Wildman–Crippen MR) is 119 cm³/mol. The van der Waals surface area contributed by atoms with Crippen molar-refractivity contribution < 1.29 is 32.2 Å². The Hall–Kier alpha value is -2.79. The van der Waals surface area contributed by atoms with E-state index < -0.39 is 21.9 Å². The number of hydrogen-bond donors (Lipinski definition) is 1. The van der Waals surface area contributed by atoms with Crippen molar-refractivity contribution in [1.82, 2.24) is 4.31 Å². The summed E-state index contributed by atoms with van der Waals surface area (Å²) in [5.41, 5.74) is 1.61. The third kappa shape index (κ3) is 6.36. The van der Waals surface area contributed by atoms with Gasteiger partial charge in [0.15, 0.2) is 0 Å². The van der Waals surface area contributed by atoms with Crippen molar-refractivity contribution in [3.63, 3.8) is 0 Å². The first kappa shape index (κ1) is 25.5. The van der Waals surface area contributed by atoms with Gasteiger partial charge in [-0.05, 0) is 42.8 Å². The van der Waals surface area contributed by atoms with E-state index in [2.05, 4.69) is 5.32 Å². The van der Waals surface area contributed by atoms with Crippen LogP contribution in [0.3, 0.4) is 0 Å². The molecule has 0 heterocycles. The van der Waals surface area contributed by atoms with Crippen molar-refractivity contribution in [2.24, 2.45) is 0 Å². The maximum Gasteiger partial charge on any atom is 0.337 e. The van der Waals surface area contributed by atoms with E-state index in [0.29, 0.717) is 5.69 Å². The number of rotatable bonds is 11. The molecule has 0 atom stereocenters. The highest BCUT2D eigenvalue weighted by Crippen LogP contribution is 2.21. The lowest BCUT2D eigenvalue weighted by molar-refractivity contribution is 0.0600. The zero-order valence-corrected chi connectivity index (χ0v) is 19.4. The van der Waals surface area contributed by atoms with Crippen LogP contribution in [0.15, 0.2) is 47.4 Å². The Bertz CT molecular complexity index is 1050. The average molecular weight is 465 g/mol. The van der Waals surface area contributed by atoms with E-state index in [1.807, 2.05) is 0 Å². The Morgan fingerprint density at radius 2 is 1.59 bits per heavy atom. The molecule has 0 saturated heterocycles. The molecule has 0 bridgehead atoms. The number of ether oxygens (including phenoxy) is 3. The van der Waals surface area contributed by atoms with Crippen molar-refractivity contribution in [2.75, 3.05) is 52.9 Å². The van der Waals surface area contributed by atoms with Crippen molar-refractivity contribution >= 4 is 27.6 Å². The molecule has 1 amide bonds. The van der Waals surface area contributed by atoms with Gasteiger partial charge in [-0.25, -0.2) is 13.2 Å². The molecule has 0 radical (unpaired) electrons. The number of aryl methyl sites for hydroxylation is 1. The monoisotopic (exact) mass is 464 g/mol. The first-order chi connectivity index (χ1) is 15.2. The van der Waals surface area contributed by atoms with E-state index >= 15 is 0 Å². The summed E-state index contributed by atoms with van der Waals surface area (Å²) in [5, 5.41) is 2.73. The SMILES string of the molecule is COCCN(CCOC)S(=O)(=O)c1cccc(C(=O)Nc2cc(C(=O)OC)ccc2C)c1. The number of methoxy groups -OCH3 is 3. The molecule has 2 aromatic carbocycles. The van der Waals surface area contributed by atoms with Crippen molar-refractivity contribution in [1.29, 1.82) is 0 Å². The maximum absolute atomic E-state index is 13.1. The molecule has 2 aromatic rings. The number of esters is 1. The zero-order chi connectivity index (χ0) is 23.7. The molecule has 10 heteroatoms. The Morgan fingerprint density at radius 1 is 0.938 bits per heavy atom. The average Bonchev–Trinajstić information content (AvgIpc) is 2.79. The van der Waals surface area contributed by atoms with E-state index in [1.165, 1.54) is 56.0 Å². The summed E-state index contributed by atoms with van der Waals surface area (Å²) < 4.78 is 42.2. The molecule has 0 aliphatic carbocycles. The largest absolute Gasteiger partial charge is 0.465 e. The smallest absolute Gasteiger partial charge is 0.337 e. The standard InChI is InChI=1S/C22H28N2O7S/c1-16-8-9-18(22(26)31-4)15-20(16)23-21(25)17-6-5-7-19(14-17)32(27,28)24(10-12-29-2)11-13-30-3/h5-9,14-15H,10-13H2,1-4H3,(H,23,25). The van der Waals surface area contributed by atoms with Gasteiger partial charge >= 0.3 is 5.97 Å². The number of benzene rings is 2. The Labute approximate surface area is 188 Å². The second-order valence-corrected chi connectivity index (χ2v) is 8.83. The van der Waals surface area contributed by atoms with Crippen LogP contribution in [-0.4, -0.2) is 72.2 Å². The lowest BCUT2D eigenvalue weighted by Gasteiger charge is -2.21. The summed E-state index contributed by atoms with van der Waals surface area (Å²) in [6.07, 6.45) is 0. The van der Waals surface area contributed by atoms with Crippen LogP contribution in [0.4, 0.5) is 5.69 Å². The highest BCUT2D eigenvalue weighted by atomic mass is 32.2. The molecule has 174 valence electrons. The molecule has 0 saturated carbocycles. The first-order valence-corrected chi connectivity index (χ1v) is 11.3. The first-order valence-electron chi connectivity index (χ1n) is 9.83. The van der Waals surface area contributed by atoms with Gasteiger partial charge < -0.3 is 19.5 Å². The number of anilines is 1. The summed E-state index contributed by atoms with van der Waals surface area (Å²) in [6.45, 7) is 2.52. The summed E-state index contributed by atoms with van der Waals surface area (Å²) >= 11 is 0. The van der Waals surface area contributed by atoms with Crippen LogP contribution in [-0.2, 0) is 24.2 Å². The zero-order valence-electron chi connectivity index (χ0n) is 18.6. The van der Waals surface area contributed by atoms with E-state index in [-0.39, 0.29) is 42.3 Å². The Morgan fingerprint density at radius 3 is 2.19 bits per heavy atom. The van der Waals surface area contributed by atoms with Crippen LogP contribution in [0, 0.1) is 6.92 Å². The molecule has 0 aromatic heterocycles. The van der Waals surface area contributed by atoms with E-state index in [1.54, 1.807) is 19.1 Å². The minimum absolute atomic E-state index is 0.0163. The Balaban J connectivity index is 2.30. The molecule has 0 aliphatic heterocycles. The minimum Gasteiger partial charge on any atom is -0.465 e. The number of carbonyl (C=O) groups is 2. The number of nitrogens with one attached hydrogen (secondary N) is 1. The van der Waals surface area contributed by atoms with Crippen molar-refractivity contribution in [3.8, 4) is 0 Å². The molecule has 0 unspecified atom stereocenters. The molecular weight excluding hydrogens is 436 g/mol. The predicted octanol–water partition coefficient (Wildman–Crippen LogP) is 2.32. The van der Waals surface area contributed by atoms with Crippen LogP contribution in [0.5, 0.6) is 0 Å². The number of carbonyl (C=O) groups excluding carboxylic acids is 2. The summed E-state index contributed by atoms with van der Waals surface area (Å²) in [6, 6.07) is 10.6. The molecule has 2 rings (SSSR count). The second kappa shape index (κ2) is 11.7. The maximum atomic E-state index is 13.1. The summed E-state index contributed by atoms with van der Waals surface area (Å²) in [4.78, 5) is 24.6. The number of sulfonamides is 1. The van der Waals surface area contributed by atoms with E-state index in [0.717, 1.165) is 5.56 Å². The lowest BCUT2D eigenvalue weighted by atomic mass is 10.1. The van der Waals surface area contributed by atoms with Gasteiger partial charge in [0.2, 0.25) is 10.0 Å². The van der Waals surface area contributed by atoms with Gasteiger partial charge in [-0.15, -0.1) is 0 Å². The Kier molecular flexibility index (Phi) is 9.33. The van der Waals surface area contributed by atoms with Gasteiger partial charge in [0, 0.05) is 38.6 Å². The fourth-order valence-electron chi connectivity index (χ4n) is 2.88. The molecule has 0 spiro atoms. The molecule has 0 aliphatic rings. The van der Waals surface area contributed by atoms with E-state index in [4.69, 9.17) is 14.2 Å². The van der Waals surface area contributed by atoms with Crippen LogP contribution in [0.25, 0.3) is 0 Å². The fourth-order valence-corrected chi connectivity index (χ4v) is 4.34. The summed E-state index contributed by atoms with van der Waals surface area (Å²) in [5.74, 6) is -1.03. The minimum atomic E-state index is -3.87. The van der Waals surface area contributed by atoms with Crippen molar-refractivity contribution in [3.05, 3.63) is 59.2 Å². The number of nitrogens with zero attached hydrogens (tertiary/aromatic N) is 1. The lowest BCUT2D eigenvalue weighted by Crippen LogP contribution is -2.36.